The van der Waals surface area contributed by atoms with Gasteiger partial charge in [0.1, 0.15) is 18.2 Å². The van der Waals surface area contributed by atoms with Gasteiger partial charge < -0.3 is 19.1 Å². The number of imidazole rings is 1. The second-order valence-electron chi connectivity index (χ2n) is 11.2. The van der Waals surface area contributed by atoms with E-state index in [0.717, 1.165) is 24.6 Å². The van der Waals surface area contributed by atoms with E-state index >= 15 is 0 Å². The number of alkyl halides is 3. The minimum absolute atomic E-state index is 0.000315. The van der Waals surface area contributed by atoms with Crippen LogP contribution in [0.4, 0.5) is 13.2 Å². The van der Waals surface area contributed by atoms with Gasteiger partial charge in [0.05, 0.1) is 46.2 Å². The molecule has 0 aliphatic carbocycles. The van der Waals surface area contributed by atoms with E-state index in [9.17, 15) is 31.5 Å². The third-order valence-electron chi connectivity index (χ3n) is 8.04. The number of fused-ring (bicyclic) bond motifs is 2. The summed E-state index contributed by atoms with van der Waals surface area (Å²) in [4.78, 5) is 18.5. The number of benzene rings is 3. The Kier molecular flexibility index (Phi) is 7.89. The Balaban J connectivity index is 1.27. The van der Waals surface area contributed by atoms with Crippen LogP contribution in [0.25, 0.3) is 11.0 Å². The minimum Gasteiger partial charge on any atom is -0.488 e. The topological polar surface area (TPSA) is 111 Å². The summed E-state index contributed by atoms with van der Waals surface area (Å²) in [6.45, 7) is 2.22. The maximum absolute atomic E-state index is 14.1. The third kappa shape index (κ3) is 6.30. The highest BCUT2D eigenvalue weighted by atomic mass is 32.2. The number of carbonyl (C=O) groups is 1. The Morgan fingerprint density at radius 2 is 1.93 bits per heavy atom. The highest BCUT2D eigenvalue weighted by Gasteiger charge is 2.36. The third-order valence-corrected chi connectivity index (χ3v) is 9.15. The van der Waals surface area contributed by atoms with Gasteiger partial charge in [0.2, 0.25) is 0 Å². The van der Waals surface area contributed by atoms with E-state index in [0.29, 0.717) is 66.9 Å². The first-order valence-corrected chi connectivity index (χ1v) is 16.0. The number of sulfone groups is 1. The zero-order valence-corrected chi connectivity index (χ0v) is 24.6. The predicted molar refractivity (Wildman–Crippen MR) is 154 cm³/mol. The Labute approximate surface area is 251 Å². The molecule has 1 aromatic heterocycles. The predicted octanol–water partition coefficient (Wildman–Crippen LogP) is 5.08. The van der Waals surface area contributed by atoms with E-state index < -0.39 is 27.5 Å². The smallest absolute Gasteiger partial charge is 0.419 e. The Morgan fingerprint density at radius 1 is 1.14 bits per heavy atom. The molecule has 44 heavy (non-hydrogen) atoms. The average molecular weight is 630 g/mol. The molecule has 6 rings (SSSR count). The molecule has 0 saturated carbocycles. The van der Waals surface area contributed by atoms with Gasteiger partial charge in [-0.05, 0) is 72.0 Å². The summed E-state index contributed by atoms with van der Waals surface area (Å²) in [5, 5.41) is 9.51. The van der Waals surface area contributed by atoms with Crippen molar-refractivity contribution in [1.82, 2.24) is 14.5 Å². The first-order chi connectivity index (χ1) is 20.8. The zero-order valence-electron chi connectivity index (χ0n) is 23.8. The van der Waals surface area contributed by atoms with Gasteiger partial charge in [-0.1, -0.05) is 12.1 Å². The molecule has 232 valence electrons. The molecule has 1 atom stereocenters. The normalized spacial score (nSPS) is 17.3. The van der Waals surface area contributed by atoms with Crippen molar-refractivity contribution in [2.75, 3.05) is 19.4 Å². The second kappa shape index (κ2) is 11.5. The number of carboxylic acids is 1. The molecule has 1 saturated heterocycles. The molecule has 0 bridgehead atoms. The van der Waals surface area contributed by atoms with Crippen LogP contribution in [0.15, 0.2) is 59.5 Å². The lowest BCUT2D eigenvalue weighted by Gasteiger charge is -2.31. The van der Waals surface area contributed by atoms with E-state index in [4.69, 9.17) is 14.5 Å². The van der Waals surface area contributed by atoms with E-state index in [2.05, 4.69) is 4.90 Å². The maximum Gasteiger partial charge on any atom is 0.419 e. The van der Waals surface area contributed by atoms with Crippen LogP contribution in [-0.4, -0.2) is 59.5 Å². The summed E-state index contributed by atoms with van der Waals surface area (Å²) in [5.41, 5.74) is 2.35. The lowest BCUT2D eigenvalue weighted by Crippen LogP contribution is -2.34. The minimum atomic E-state index is -4.64. The number of aromatic nitrogens is 2. The molecule has 3 heterocycles. The van der Waals surface area contributed by atoms with Gasteiger partial charge in [0, 0.05) is 26.0 Å². The SMILES string of the molecule is CS(=O)(=O)c1cccc(COc2cc3c(cc2C(F)(F)F)CCN(Cc2nc4ccc(C(=O)O)cc4n2C[C@@H]2CCO2)C3)c1. The van der Waals surface area contributed by atoms with Crippen LogP contribution in [0, 0.1) is 0 Å². The first-order valence-electron chi connectivity index (χ1n) is 14.1. The van der Waals surface area contributed by atoms with Crippen LogP contribution in [-0.2, 0) is 53.4 Å². The van der Waals surface area contributed by atoms with Gasteiger partial charge in [-0.25, -0.2) is 18.2 Å². The fraction of sp³-hybridized carbons (Fsp3) is 0.355. The largest absolute Gasteiger partial charge is 0.488 e. The van der Waals surface area contributed by atoms with Gasteiger partial charge >= 0.3 is 12.1 Å². The monoisotopic (exact) mass is 629 g/mol. The van der Waals surface area contributed by atoms with Gasteiger partial charge in [0.15, 0.2) is 9.84 Å². The number of rotatable bonds is 9. The van der Waals surface area contributed by atoms with Crippen molar-refractivity contribution in [3.05, 3.63) is 88.2 Å². The van der Waals surface area contributed by atoms with Crippen molar-refractivity contribution >= 4 is 26.8 Å². The number of hydrogen-bond acceptors (Lipinski definition) is 7. The molecule has 1 fully saturated rings. The molecular weight excluding hydrogens is 599 g/mol. The Hall–Kier alpha value is -3.94. The van der Waals surface area contributed by atoms with E-state index in [-0.39, 0.29) is 28.9 Å². The highest BCUT2D eigenvalue weighted by Crippen LogP contribution is 2.40. The molecule has 0 amide bonds. The van der Waals surface area contributed by atoms with Crippen LogP contribution in [0.1, 0.15) is 44.9 Å². The van der Waals surface area contributed by atoms with Gasteiger partial charge in [-0.3, -0.25) is 4.90 Å². The second-order valence-corrected chi connectivity index (χ2v) is 13.2. The van der Waals surface area contributed by atoms with Crippen LogP contribution >= 0.6 is 0 Å². The molecule has 0 unspecified atom stereocenters. The zero-order chi connectivity index (χ0) is 31.2. The van der Waals surface area contributed by atoms with E-state index in [1.54, 1.807) is 18.2 Å². The molecule has 3 aromatic carbocycles. The lowest BCUT2D eigenvalue weighted by molar-refractivity contribution is -0.139. The molecule has 9 nitrogen and oxygen atoms in total. The lowest BCUT2D eigenvalue weighted by atomic mass is 9.96. The molecule has 4 aromatic rings. The highest BCUT2D eigenvalue weighted by molar-refractivity contribution is 7.90. The standard InChI is InChI=1S/C31H30F3N3O6S/c1-44(40,41)24-4-2-3-19(11-24)18-43-28-14-22-15-36(9-7-20(22)12-25(28)31(32,33)34)17-29-35-26-6-5-21(30(38)39)13-27(26)37(29)16-23-8-10-42-23/h2-6,11-14,23H,7-10,15-18H2,1H3,(H,38,39)/t23-/m0/s1. The summed E-state index contributed by atoms with van der Waals surface area (Å²) in [6.07, 6.45) is -2.30. The summed E-state index contributed by atoms with van der Waals surface area (Å²) >= 11 is 0. The molecule has 2 aliphatic rings. The van der Waals surface area contributed by atoms with Crippen molar-refractivity contribution in [2.24, 2.45) is 0 Å². The van der Waals surface area contributed by atoms with Gasteiger partial charge in [-0.2, -0.15) is 13.2 Å². The van der Waals surface area contributed by atoms with Gasteiger partial charge in [0.25, 0.3) is 0 Å². The number of ether oxygens (including phenoxy) is 2. The summed E-state index contributed by atoms with van der Waals surface area (Å²) < 4.78 is 79.3. The Bertz CT molecular complexity index is 1850. The van der Waals surface area contributed by atoms with Crippen molar-refractivity contribution in [3.63, 3.8) is 0 Å². The number of hydrogen-bond donors (Lipinski definition) is 1. The molecular formula is C31H30F3N3O6S. The Morgan fingerprint density at radius 3 is 2.61 bits per heavy atom. The van der Waals surface area contributed by atoms with Crippen molar-refractivity contribution in [1.29, 1.82) is 0 Å². The van der Waals surface area contributed by atoms with Crippen LogP contribution in [0.2, 0.25) is 0 Å². The van der Waals surface area contributed by atoms with Crippen molar-refractivity contribution in [2.45, 2.75) is 56.3 Å². The van der Waals surface area contributed by atoms with E-state index in [1.165, 1.54) is 30.3 Å². The van der Waals surface area contributed by atoms with E-state index in [1.807, 2.05) is 4.57 Å². The van der Waals surface area contributed by atoms with Gasteiger partial charge in [-0.15, -0.1) is 0 Å². The number of carboxylic acid groups (broad SMARTS) is 1. The molecule has 0 spiro atoms. The molecule has 13 heteroatoms. The van der Waals surface area contributed by atoms with Crippen LogP contribution < -0.4 is 4.74 Å². The average Bonchev–Trinajstić information content (AvgIpc) is 3.28. The van der Waals surface area contributed by atoms with Crippen molar-refractivity contribution in [3.8, 4) is 5.75 Å². The maximum atomic E-state index is 14.1. The summed E-state index contributed by atoms with van der Waals surface area (Å²) in [6, 6.07) is 13.3. The fourth-order valence-electron chi connectivity index (χ4n) is 5.61. The number of nitrogens with zero attached hydrogens (tertiary/aromatic N) is 3. The van der Waals surface area contributed by atoms with Crippen LogP contribution in [0.5, 0.6) is 5.75 Å². The summed E-state index contributed by atoms with van der Waals surface area (Å²) in [7, 11) is -3.49. The quantitative estimate of drug-likeness (QED) is 0.273. The first kappa shape index (κ1) is 30.1. The van der Waals surface area contributed by atoms with Crippen LogP contribution in [0.3, 0.4) is 0 Å². The number of halogens is 3. The summed E-state index contributed by atoms with van der Waals surface area (Å²) in [5.74, 6) is -0.637. The fourth-order valence-corrected chi connectivity index (χ4v) is 6.30. The number of aromatic carboxylic acids is 1. The molecule has 1 N–H and O–H groups in total. The van der Waals surface area contributed by atoms with Crippen molar-refractivity contribution < 1.29 is 41.0 Å². The molecule has 2 aliphatic heterocycles. The molecule has 0 radical (unpaired) electrons.